The zero-order valence-corrected chi connectivity index (χ0v) is 13.6. The minimum atomic E-state index is -0.141. The van der Waals surface area contributed by atoms with Crippen molar-refractivity contribution in [2.75, 3.05) is 13.6 Å². The summed E-state index contributed by atoms with van der Waals surface area (Å²) < 4.78 is 13.4. The summed E-state index contributed by atoms with van der Waals surface area (Å²) >= 11 is 0. The van der Waals surface area contributed by atoms with Crippen LogP contribution in [0.2, 0.25) is 0 Å². The molecule has 0 aliphatic heterocycles. The fourth-order valence-electron chi connectivity index (χ4n) is 1.91. The van der Waals surface area contributed by atoms with Crippen molar-refractivity contribution in [1.82, 2.24) is 10.6 Å². The molecule has 19 heavy (non-hydrogen) atoms. The van der Waals surface area contributed by atoms with Gasteiger partial charge in [-0.2, -0.15) is 0 Å². The van der Waals surface area contributed by atoms with E-state index in [1.807, 2.05) is 12.1 Å². The van der Waals surface area contributed by atoms with Crippen LogP contribution in [-0.2, 0) is 6.42 Å². The summed E-state index contributed by atoms with van der Waals surface area (Å²) in [7, 11) is 1.76. The molecule has 0 saturated heterocycles. The summed E-state index contributed by atoms with van der Waals surface area (Å²) in [5.74, 6) is 1.40. The second-order valence-electron chi connectivity index (χ2n) is 4.80. The van der Waals surface area contributed by atoms with Gasteiger partial charge in [0.2, 0.25) is 0 Å². The number of aliphatic imine (C=N–C) groups is 1. The Morgan fingerprint density at radius 2 is 2.11 bits per heavy atom. The minimum Gasteiger partial charge on any atom is -0.356 e. The Labute approximate surface area is 131 Å². The second-order valence-corrected chi connectivity index (χ2v) is 4.80. The fraction of sp³-hybridized carbons (Fsp3) is 0.500. The lowest BCUT2D eigenvalue weighted by Gasteiger charge is -2.11. The molecule has 1 fully saturated rings. The number of rotatable bonds is 4. The van der Waals surface area contributed by atoms with Gasteiger partial charge in [0.15, 0.2) is 5.96 Å². The summed E-state index contributed by atoms with van der Waals surface area (Å²) in [5.41, 5.74) is 0.736. The molecule has 2 atom stereocenters. The van der Waals surface area contributed by atoms with E-state index in [-0.39, 0.29) is 29.8 Å². The molecule has 0 bridgehead atoms. The number of nitrogens with one attached hydrogen (secondary N) is 2. The van der Waals surface area contributed by atoms with Gasteiger partial charge in [-0.05, 0) is 30.4 Å². The molecule has 106 valence electrons. The van der Waals surface area contributed by atoms with E-state index in [4.69, 9.17) is 0 Å². The lowest BCUT2D eigenvalue weighted by atomic mass is 10.1. The van der Waals surface area contributed by atoms with Crippen molar-refractivity contribution in [3.8, 4) is 0 Å². The van der Waals surface area contributed by atoms with Crippen LogP contribution in [0.25, 0.3) is 0 Å². The van der Waals surface area contributed by atoms with Gasteiger partial charge in [-0.3, -0.25) is 4.99 Å². The summed E-state index contributed by atoms with van der Waals surface area (Å²) in [6, 6.07) is 7.42. The van der Waals surface area contributed by atoms with Crippen molar-refractivity contribution >= 4 is 29.9 Å². The highest BCUT2D eigenvalue weighted by molar-refractivity contribution is 14.0. The summed E-state index contributed by atoms with van der Waals surface area (Å²) in [5, 5.41) is 6.55. The maximum Gasteiger partial charge on any atom is 0.191 e. The number of hydrogen-bond acceptors (Lipinski definition) is 1. The van der Waals surface area contributed by atoms with E-state index in [0.29, 0.717) is 19.0 Å². The van der Waals surface area contributed by atoms with Gasteiger partial charge >= 0.3 is 0 Å². The molecule has 0 radical (unpaired) electrons. The van der Waals surface area contributed by atoms with Crippen LogP contribution < -0.4 is 10.6 Å². The average Bonchev–Trinajstić information content (AvgIpc) is 3.06. The predicted molar refractivity (Wildman–Crippen MR) is 87.6 cm³/mol. The minimum absolute atomic E-state index is 0. The highest BCUT2D eigenvalue weighted by Gasteiger charge is 2.33. The van der Waals surface area contributed by atoms with Crippen molar-refractivity contribution in [2.24, 2.45) is 10.9 Å². The first-order valence-corrected chi connectivity index (χ1v) is 6.41. The molecule has 3 nitrogen and oxygen atoms in total. The monoisotopic (exact) mass is 377 g/mol. The van der Waals surface area contributed by atoms with Gasteiger partial charge in [0.25, 0.3) is 0 Å². The van der Waals surface area contributed by atoms with E-state index in [2.05, 4.69) is 22.5 Å². The number of benzene rings is 1. The maximum absolute atomic E-state index is 13.4. The van der Waals surface area contributed by atoms with Crippen molar-refractivity contribution in [1.29, 1.82) is 0 Å². The first-order valence-electron chi connectivity index (χ1n) is 6.41. The smallest absolute Gasteiger partial charge is 0.191 e. The third-order valence-electron chi connectivity index (χ3n) is 3.30. The summed E-state index contributed by atoms with van der Waals surface area (Å²) in [6.07, 6.45) is 1.86. The molecule has 1 aliphatic rings. The van der Waals surface area contributed by atoms with Crippen molar-refractivity contribution in [3.63, 3.8) is 0 Å². The Hall–Kier alpha value is -0.850. The van der Waals surface area contributed by atoms with E-state index in [0.717, 1.165) is 17.4 Å². The lowest BCUT2D eigenvalue weighted by Crippen LogP contribution is -2.40. The van der Waals surface area contributed by atoms with Gasteiger partial charge < -0.3 is 10.6 Å². The van der Waals surface area contributed by atoms with E-state index in [1.54, 1.807) is 13.1 Å². The number of halogens is 2. The number of hydrogen-bond donors (Lipinski definition) is 2. The van der Waals surface area contributed by atoms with Gasteiger partial charge in [-0.15, -0.1) is 24.0 Å². The van der Waals surface area contributed by atoms with Crippen molar-refractivity contribution in [2.45, 2.75) is 25.8 Å². The van der Waals surface area contributed by atoms with Crippen LogP contribution in [0.3, 0.4) is 0 Å². The third-order valence-corrected chi connectivity index (χ3v) is 3.30. The Morgan fingerprint density at radius 1 is 1.42 bits per heavy atom. The first kappa shape index (κ1) is 16.2. The van der Waals surface area contributed by atoms with Gasteiger partial charge in [-0.25, -0.2) is 4.39 Å². The van der Waals surface area contributed by atoms with Crippen LogP contribution in [0.15, 0.2) is 29.3 Å². The van der Waals surface area contributed by atoms with Crippen LogP contribution in [0.5, 0.6) is 0 Å². The van der Waals surface area contributed by atoms with Crippen molar-refractivity contribution in [3.05, 3.63) is 35.6 Å². The van der Waals surface area contributed by atoms with Crippen LogP contribution in [-0.4, -0.2) is 25.6 Å². The van der Waals surface area contributed by atoms with Crippen LogP contribution in [0.4, 0.5) is 4.39 Å². The SMILES string of the molecule is CN=C(NCCc1ccccc1F)NC1CC1C.I. The largest absolute Gasteiger partial charge is 0.356 e. The fourth-order valence-corrected chi connectivity index (χ4v) is 1.91. The van der Waals surface area contributed by atoms with E-state index >= 15 is 0 Å². The highest BCUT2D eigenvalue weighted by Crippen LogP contribution is 2.28. The molecule has 0 amide bonds. The molecular weight excluding hydrogens is 356 g/mol. The van der Waals surface area contributed by atoms with Gasteiger partial charge in [0, 0.05) is 19.6 Å². The Bertz CT molecular complexity index is 436. The Morgan fingerprint density at radius 3 is 2.68 bits per heavy atom. The average molecular weight is 377 g/mol. The predicted octanol–water partition coefficient (Wildman–Crippen LogP) is 2.56. The standard InChI is InChI=1S/C14H20FN3.HI/c1-10-9-13(10)18-14(16-2)17-8-7-11-5-3-4-6-12(11)15;/h3-6,10,13H,7-9H2,1-2H3,(H2,16,17,18);1H. The molecular formula is C14H21FIN3. The number of nitrogens with zero attached hydrogens (tertiary/aromatic N) is 1. The normalized spacial score (nSPS) is 21.5. The molecule has 2 N–H and O–H groups in total. The Kier molecular flexibility index (Phi) is 6.54. The van der Waals surface area contributed by atoms with Crippen molar-refractivity contribution < 1.29 is 4.39 Å². The zero-order valence-electron chi connectivity index (χ0n) is 11.3. The second kappa shape index (κ2) is 7.67. The lowest BCUT2D eigenvalue weighted by molar-refractivity contribution is 0.606. The molecule has 0 aromatic heterocycles. The summed E-state index contributed by atoms with van der Waals surface area (Å²) in [6.45, 7) is 2.89. The van der Waals surface area contributed by atoms with E-state index in [9.17, 15) is 4.39 Å². The topological polar surface area (TPSA) is 36.4 Å². The molecule has 1 aromatic carbocycles. The molecule has 1 aromatic rings. The summed E-state index contributed by atoms with van der Waals surface area (Å²) in [4.78, 5) is 4.16. The van der Waals surface area contributed by atoms with Crippen LogP contribution in [0.1, 0.15) is 18.9 Å². The highest BCUT2D eigenvalue weighted by atomic mass is 127. The molecule has 2 rings (SSSR count). The number of guanidine groups is 1. The molecule has 1 aliphatic carbocycles. The van der Waals surface area contributed by atoms with Crippen LogP contribution >= 0.6 is 24.0 Å². The van der Waals surface area contributed by atoms with E-state index in [1.165, 1.54) is 12.5 Å². The quantitative estimate of drug-likeness (QED) is 0.481. The maximum atomic E-state index is 13.4. The first-order chi connectivity index (χ1) is 8.70. The molecule has 0 heterocycles. The van der Waals surface area contributed by atoms with E-state index < -0.39 is 0 Å². The van der Waals surface area contributed by atoms with Gasteiger partial charge in [0.1, 0.15) is 5.82 Å². The Balaban J connectivity index is 0.00000180. The molecule has 1 saturated carbocycles. The van der Waals surface area contributed by atoms with Crippen LogP contribution in [0, 0.1) is 11.7 Å². The molecule has 5 heteroatoms. The molecule has 0 spiro atoms. The zero-order chi connectivity index (χ0) is 13.0. The van der Waals surface area contributed by atoms with Gasteiger partial charge in [0.05, 0.1) is 0 Å². The third kappa shape index (κ3) is 4.97. The molecule has 2 unspecified atom stereocenters. The van der Waals surface area contributed by atoms with Gasteiger partial charge in [-0.1, -0.05) is 25.1 Å².